The van der Waals surface area contributed by atoms with Crippen molar-refractivity contribution in [2.45, 2.75) is 58.2 Å². The summed E-state index contributed by atoms with van der Waals surface area (Å²) in [6.07, 6.45) is 3.23. The van der Waals surface area contributed by atoms with Crippen molar-refractivity contribution in [2.24, 2.45) is 0 Å². The summed E-state index contributed by atoms with van der Waals surface area (Å²) < 4.78 is 4.92. The van der Waals surface area contributed by atoms with Gasteiger partial charge in [-0.05, 0) is 70.7 Å². The van der Waals surface area contributed by atoms with E-state index in [4.69, 9.17) is 4.52 Å². The summed E-state index contributed by atoms with van der Waals surface area (Å²) in [5.74, 6) is 0.663. The van der Waals surface area contributed by atoms with Crippen molar-refractivity contribution >= 4 is 41.0 Å². The van der Waals surface area contributed by atoms with Crippen molar-refractivity contribution < 1.29 is 18.9 Å². The highest BCUT2D eigenvalue weighted by atomic mass is 32.2. The predicted octanol–water partition coefficient (Wildman–Crippen LogP) is 4.00. The maximum atomic E-state index is 12.9. The lowest BCUT2D eigenvalue weighted by Gasteiger charge is -2.33. The standard InChI is InChI=1S/C23H30N4O4S/c1-14-11-18(23(30)27-10-6-5-7-15(27)2)8-9-19(14)24-21(28)13-32-17(4)22(29)25-20-12-16(3)31-26-20/h8-9,11-12,15,17H,5-7,10,13H2,1-4H3,(H,24,28)(H,25,26,29). The lowest BCUT2D eigenvalue weighted by atomic mass is 10.0. The monoisotopic (exact) mass is 458 g/mol. The van der Waals surface area contributed by atoms with Gasteiger partial charge in [0.2, 0.25) is 11.8 Å². The van der Waals surface area contributed by atoms with Crippen LogP contribution in [0.25, 0.3) is 0 Å². The number of hydrogen-bond acceptors (Lipinski definition) is 6. The van der Waals surface area contributed by atoms with Gasteiger partial charge >= 0.3 is 0 Å². The Morgan fingerprint density at radius 3 is 2.66 bits per heavy atom. The third-order valence-corrected chi connectivity index (χ3v) is 6.67. The molecular formula is C23H30N4O4S. The Morgan fingerprint density at radius 1 is 1.22 bits per heavy atom. The van der Waals surface area contributed by atoms with Crippen LogP contribution in [0.15, 0.2) is 28.8 Å². The average molecular weight is 459 g/mol. The molecule has 1 aliphatic rings. The van der Waals surface area contributed by atoms with E-state index in [0.717, 1.165) is 31.4 Å². The number of aryl methyl sites for hydroxylation is 2. The molecule has 2 aromatic rings. The molecule has 2 N–H and O–H groups in total. The fourth-order valence-electron chi connectivity index (χ4n) is 3.62. The molecule has 1 fully saturated rings. The van der Waals surface area contributed by atoms with Gasteiger partial charge in [-0.2, -0.15) is 0 Å². The molecule has 8 nitrogen and oxygen atoms in total. The fraction of sp³-hybridized carbons (Fsp3) is 0.478. The molecule has 32 heavy (non-hydrogen) atoms. The number of amides is 3. The average Bonchev–Trinajstić information content (AvgIpc) is 3.17. The molecule has 1 aromatic heterocycles. The molecule has 9 heteroatoms. The van der Waals surface area contributed by atoms with Gasteiger partial charge in [0, 0.05) is 29.9 Å². The van der Waals surface area contributed by atoms with Crippen molar-refractivity contribution in [3.05, 3.63) is 41.2 Å². The summed E-state index contributed by atoms with van der Waals surface area (Å²) in [4.78, 5) is 39.4. The maximum absolute atomic E-state index is 12.9. The van der Waals surface area contributed by atoms with Crippen molar-refractivity contribution in [1.29, 1.82) is 0 Å². The van der Waals surface area contributed by atoms with Gasteiger partial charge in [0.1, 0.15) is 5.76 Å². The number of nitrogens with one attached hydrogen (secondary N) is 2. The summed E-state index contributed by atoms with van der Waals surface area (Å²) in [7, 11) is 0. The number of nitrogens with zero attached hydrogens (tertiary/aromatic N) is 2. The summed E-state index contributed by atoms with van der Waals surface area (Å²) >= 11 is 1.23. The van der Waals surface area contributed by atoms with Crippen LogP contribution in [0.1, 0.15) is 54.8 Å². The molecule has 0 aliphatic carbocycles. The molecular weight excluding hydrogens is 428 g/mol. The molecule has 1 saturated heterocycles. The molecule has 1 aliphatic heterocycles. The van der Waals surface area contributed by atoms with Gasteiger partial charge in [-0.15, -0.1) is 11.8 Å². The Hall–Kier alpha value is -2.81. The van der Waals surface area contributed by atoms with Crippen LogP contribution >= 0.6 is 11.8 Å². The molecule has 1 aromatic carbocycles. The molecule has 2 unspecified atom stereocenters. The molecule has 3 rings (SSSR count). The first-order chi connectivity index (χ1) is 15.2. The second kappa shape index (κ2) is 10.7. The highest BCUT2D eigenvalue weighted by Gasteiger charge is 2.24. The van der Waals surface area contributed by atoms with Crippen molar-refractivity contribution in [3.8, 4) is 0 Å². The van der Waals surface area contributed by atoms with Crippen LogP contribution in [-0.2, 0) is 9.59 Å². The van der Waals surface area contributed by atoms with Gasteiger partial charge in [-0.25, -0.2) is 0 Å². The zero-order chi connectivity index (χ0) is 23.3. The first-order valence-corrected chi connectivity index (χ1v) is 11.9. The molecule has 0 bridgehead atoms. The summed E-state index contributed by atoms with van der Waals surface area (Å²) in [5, 5.41) is 8.82. The minimum atomic E-state index is -0.439. The van der Waals surface area contributed by atoms with E-state index in [2.05, 4.69) is 22.7 Å². The number of aromatic nitrogens is 1. The molecule has 0 saturated carbocycles. The SMILES string of the molecule is Cc1cc(NC(=O)C(C)SCC(=O)Nc2ccc(C(=O)N3CCCCC3C)cc2C)no1. The smallest absolute Gasteiger partial charge is 0.254 e. The van der Waals surface area contributed by atoms with Gasteiger partial charge in [-0.1, -0.05) is 5.16 Å². The molecule has 0 radical (unpaired) electrons. The normalized spacial score (nSPS) is 17.0. The van der Waals surface area contributed by atoms with Crippen molar-refractivity contribution in [2.75, 3.05) is 22.9 Å². The molecule has 2 heterocycles. The van der Waals surface area contributed by atoms with Gasteiger partial charge in [0.05, 0.1) is 11.0 Å². The molecule has 0 spiro atoms. The first-order valence-electron chi connectivity index (χ1n) is 10.8. The number of anilines is 2. The minimum Gasteiger partial charge on any atom is -0.360 e. The van der Waals surface area contributed by atoms with Crippen LogP contribution in [0.5, 0.6) is 0 Å². The number of thioether (sulfide) groups is 1. The van der Waals surface area contributed by atoms with Crippen LogP contribution in [0, 0.1) is 13.8 Å². The van der Waals surface area contributed by atoms with E-state index >= 15 is 0 Å². The van der Waals surface area contributed by atoms with E-state index in [9.17, 15) is 14.4 Å². The van der Waals surface area contributed by atoms with E-state index in [1.807, 2.05) is 17.9 Å². The van der Waals surface area contributed by atoms with Crippen molar-refractivity contribution in [3.63, 3.8) is 0 Å². The third kappa shape index (κ3) is 6.12. The highest BCUT2D eigenvalue weighted by Crippen LogP contribution is 2.23. The predicted molar refractivity (Wildman–Crippen MR) is 126 cm³/mol. The summed E-state index contributed by atoms with van der Waals surface area (Å²) in [6, 6.07) is 7.23. The molecule has 172 valence electrons. The minimum absolute atomic E-state index is 0.0378. The third-order valence-electron chi connectivity index (χ3n) is 5.52. The lowest BCUT2D eigenvalue weighted by molar-refractivity contribution is -0.115. The lowest BCUT2D eigenvalue weighted by Crippen LogP contribution is -2.42. The summed E-state index contributed by atoms with van der Waals surface area (Å²) in [5.41, 5.74) is 2.12. The van der Waals surface area contributed by atoms with E-state index < -0.39 is 5.25 Å². The number of rotatable bonds is 7. The van der Waals surface area contributed by atoms with Crippen LogP contribution in [0.2, 0.25) is 0 Å². The van der Waals surface area contributed by atoms with Crippen LogP contribution < -0.4 is 10.6 Å². The second-order valence-corrected chi connectivity index (χ2v) is 9.52. The van der Waals surface area contributed by atoms with E-state index in [-0.39, 0.29) is 29.5 Å². The Morgan fingerprint density at radius 2 is 2.00 bits per heavy atom. The highest BCUT2D eigenvalue weighted by molar-refractivity contribution is 8.01. The van der Waals surface area contributed by atoms with Gasteiger partial charge in [0.15, 0.2) is 5.82 Å². The molecule has 3 amide bonds. The van der Waals surface area contributed by atoms with Gasteiger partial charge in [0.25, 0.3) is 5.91 Å². The number of carbonyl (C=O) groups is 3. The summed E-state index contributed by atoms with van der Waals surface area (Å²) in [6.45, 7) is 8.22. The van der Waals surface area contributed by atoms with Crippen LogP contribution in [0.3, 0.4) is 0 Å². The van der Waals surface area contributed by atoms with Crippen LogP contribution in [0.4, 0.5) is 11.5 Å². The van der Waals surface area contributed by atoms with E-state index in [0.29, 0.717) is 22.8 Å². The van der Waals surface area contributed by atoms with Crippen molar-refractivity contribution in [1.82, 2.24) is 10.1 Å². The number of piperidine rings is 1. The Labute approximate surface area is 192 Å². The van der Waals surface area contributed by atoms with Crippen LogP contribution in [-0.4, -0.2) is 51.4 Å². The van der Waals surface area contributed by atoms with E-state index in [1.165, 1.54) is 11.8 Å². The second-order valence-electron chi connectivity index (χ2n) is 8.19. The van der Waals surface area contributed by atoms with E-state index in [1.54, 1.807) is 32.0 Å². The number of carbonyl (C=O) groups excluding carboxylic acids is 3. The zero-order valence-corrected chi connectivity index (χ0v) is 19.8. The zero-order valence-electron chi connectivity index (χ0n) is 18.9. The topological polar surface area (TPSA) is 105 Å². The Kier molecular flexibility index (Phi) is 7.95. The quantitative estimate of drug-likeness (QED) is 0.650. The van der Waals surface area contributed by atoms with Gasteiger partial charge < -0.3 is 20.1 Å². The number of hydrogen-bond donors (Lipinski definition) is 2. The maximum Gasteiger partial charge on any atom is 0.254 e. The van der Waals surface area contributed by atoms with Gasteiger partial charge in [-0.3, -0.25) is 14.4 Å². The fourth-order valence-corrected chi connectivity index (χ4v) is 4.30. The Balaban J connectivity index is 1.51. The first kappa shape index (κ1) is 23.8. The number of likely N-dealkylation sites (tertiary alicyclic amines) is 1. The Bertz CT molecular complexity index is 990. The largest absolute Gasteiger partial charge is 0.360 e. The number of benzene rings is 1. The molecule has 2 atom stereocenters.